The molecule has 0 N–H and O–H groups in total. The van der Waals surface area contributed by atoms with Crippen LogP contribution < -0.4 is 4.74 Å². The average Bonchev–Trinajstić information content (AvgIpc) is 3.07. The summed E-state index contributed by atoms with van der Waals surface area (Å²) in [6, 6.07) is 7.26. The minimum Gasteiger partial charge on any atom is -0.462 e. The fourth-order valence-electron chi connectivity index (χ4n) is 3.67. The lowest BCUT2D eigenvalue weighted by Gasteiger charge is -2.35. The smallest absolute Gasteiger partial charge is 0.462 e. The molecule has 1 heterocycles. The molecule has 1 aromatic carbocycles. The van der Waals surface area contributed by atoms with Crippen LogP contribution in [0.25, 0.3) is 0 Å². The van der Waals surface area contributed by atoms with Crippen molar-refractivity contribution < 1.29 is 22.8 Å². The summed E-state index contributed by atoms with van der Waals surface area (Å²) in [6.07, 6.45) is 6.32. The molecule has 0 radical (unpaired) electrons. The summed E-state index contributed by atoms with van der Waals surface area (Å²) in [4.78, 5) is 0. The van der Waals surface area contributed by atoms with Crippen LogP contribution >= 0.6 is 0 Å². The fourth-order valence-corrected chi connectivity index (χ4v) is 5.39. The topological polar surface area (TPSA) is 46.2 Å². The summed E-state index contributed by atoms with van der Waals surface area (Å²) >= 11 is 0. The number of hydrogen-bond donors (Lipinski definition) is 0. The molecule has 2 aliphatic rings. The minimum atomic E-state index is -2.47. The molecule has 0 saturated heterocycles. The first kappa shape index (κ1) is 17.9. The first-order valence-corrected chi connectivity index (χ1v) is 10.7. The molecule has 1 aliphatic heterocycles. The van der Waals surface area contributed by atoms with Crippen LogP contribution in [-0.2, 0) is 31.0 Å². The first-order chi connectivity index (χ1) is 11.6. The Morgan fingerprint density at radius 2 is 1.79 bits per heavy atom. The van der Waals surface area contributed by atoms with Gasteiger partial charge in [0.25, 0.3) is 0 Å². The molecule has 134 valence electrons. The lowest BCUT2D eigenvalue weighted by molar-refractivity contribution is -0.200. The highest BCUT2D eigenvalue weighted by molar-refractivity contribution is 6.60. The van der Waals surface area contributed by atoms with Crippen molar-refractivity contribution in [1.29, 1.82) is 0 Å². The van der Waals surface area contributed by atoms with Crippen molar-refractivity contribution in [2.24, 2.45) is 0 Å². The van der Waals surface area contributed by atoms with Crippen LogP contribution in [-0.4, -0.2) is 35.9 Å². The van der Waals surface area contributed by atoms with Crippen molar-refractivity contribution >= 4 is 8.80 Å². The Morgan fingerprint density at radius 3 is 2.46 bits per heavy atom. The van der Waals surface area contributed by atoms with E-state index in [1.165, 1.54) is 18.4 Å². The van der Waals surface area contributed by atoms with Gasteiger partial charge in [-0.2, -0.15) is 0 Å². The van der Waals surface area contributed by atoms with Crippen LogP contribution in [0, 0.1) is 0 Å². The van der Waals surface area contributed by atoms with Gasteiger partial charge in [0.15, 0.2) is 0 Å². The zero-order chi connectivity index (χ0) is 17.0. The summed E-state index contributed by atoms with van der Waals surface area (Å²) in [5.74, 6) is 0.635. The van der Waals surface area contributed by atoms with Gasteiger partial charge in [-0.1, -0.05) is 6.07 Å². The molecule has 0 bridgehead atoms. The first-order valence-electron chi connectivity index (χ1n) is 8.74. The molecule has 5 nitrogen and oxygen atoms in total. The molecule has 3 rings (SSSR count). The van der Waals surface area contributed by atoms with E-state index in [4.69, 9.17) is 22.8 Å². The highest BCUT2D eigenvalue weighted by Crippen LogP contribution is 2.41. The van der Waals surface area contributed by atoms with E-state index in [9.17, 15) is 0 Å². The standard InChI is InChI=1S/C18H28O5Si/c1-19-24(20-2,21-3)12-6-7-15-8-9-17-16(13-15)14-22-18(23-17)10-4-5-11-18/h8-9,13H,4-7,10-12,14H2,1-3H3. The lowest BCUT2D eigenvalue weighted by atomic mass is 10.0. The third-order valence-electron chi connectivity index (χ3n) is 5.16. The number of ether oxygens (including phenoxy) is 2. The summed E-state index contributed by atoms with van der Waals surface area (Å²) in [5.41, 5.74) is 2.44. The molecule has 0 amide bonds. The second kappa shape index (κ2) is 7.54. The van der Waals surface area contributed by atoms with Crippen molar-refractivity contribution in [3.05, 3.63) is 29.3 Å². The van der Waals surface area contributed by atoms with Crippen LogP contribution in [0.4, 0.5) is 0 Å². The maximum Gasteiger partial charge on any atom is 0.500 e. The van der Waals surface area contributed by atoms with Crippen LogP contribution in [0.3, 0.4) is 0 Å². The Morgan fingerprint density at radius 1 is 1.08 bits per heavy atom. The van der Waals surface area contributed by atoms with Gasteiger partial charge in [0.1, 0.15) is 5.75 Å². The van der Waals surface area contributed by atoms with E-state index in [1.807, 2.05) is 0 Å². The van der Waals surface area contributed by atoms with Gasteiger partial charge in [-0.25, -0.2) is 0 Å². The molecule has 0 aromatic heterocycles. The molecule has 0 atom stereocenters. The Labute approximate surface area is 145 Å². The third-order valence-corrected chi connectivity index (χ3v) is 7.99. The summed E-state index contributed by atoms with van der Waals surface area (Å²) in [6.45, 7) is 0.649. The van der Waals surface area contributed by atoms with Crippen molar-refractivity contribution in [3.8, 4) is 5.75 Å². The average molecular weight is 353 g/mol. The zero-order valence-corrected chi connectivity index (χ0v) is 15.9. The predicted molar refractivity (Wildman–Crippen MR) is 93.0 cm³/mol. The Hall–Kier alpha value is -0.923. The SMILES string of the molecule is CO[Si](CCCc1ccc2c(c1)COC1(CCCC1)O2)(OC)OC. The van der Waals surface area contributed by atoms with Crippen LogP contribution in [0.2, 0.25) is 6.04 Å². The number of fused-ring (bicyclic) bond motifs is 1. The summed E-state index contributed by atoms with van der Waals surface area (Å²) < 4.78 is 28.6. The molecule has 6 heteroatoms. The molecule has 24 heavy (non-hydrogen) atoms. The van der Waals surface area contributed by atoms with Gasteiger partial charge in [0, 0.05) is 45.8 Å². The van der Waals surface area contributed by atoms with Gasteiger partial charge < -0.3 is 22.8 Å². The van der Waals surface area contributed by atoms with Gasteiger partial charge in [-0.3, -0.25) is 0 Å². The molecule has 1 aliphatic carbocycles. The van der Waals surface area contributed by atoms with Crippen molar-refractivity contribution in [2.75, 3.05) is 21.3 Å². The molecule has 1 aromatic rings. The van der Waals surface area contributed by atoms with E-state index in [1.54, 1.807) is 21.3 Å². The highest BCUT2D eigenvalue weighted by atomic mass is 28.4. The Balaban J connectivity index is 1.59. The van der Waals surface area contributed by atoms with Crippen LogP contribution in [0.5, 0.6) is 5.75 Å². The molecule has 1 fully saturated rings. The molecule has 1 spiro atoms. The van der Waals surface area contributed by atoms with Gasteiger partial charge in [0.05, 0.1) is 6.61 Å². The zero-order valence-electron chi connectivity index (χ0n) is 14.9. The van der Waals surface area contributed by atoms with Gasteiger partial charge >= 0.3 is 8.80 Å². The third kappa shape index (κ3) is 3.68. The monoisotopic (exact) mass is 352 g/mol. The Bertz CT molecular complexity index is 544. The van der Waals surface area contributed by atoms with Crippen molar-refractivity contribution in [2.45, 2.75) is 57.0 Å². The van der Waals surface area contributed by atoms with Crippen molar-refractivity contribution in [3.63, 3.8) is 0 Å². The van der Waals surface area contributed by atoms with Crippen LogP contribution in [0.15, 0.2) is 18.2 Å². The second-order valence-electron chi connectivity index (χ2n) is 6.60. The molecule has 1 saturated carbocycles. The van der Waals surface area contributed by atoms with E-state index in [0.717, 1.165) is 43.0 Å². The molecule has 0 unspecified atom stereocenters. The number of aryl methyl sites for hydroxylation is 1. The number of rotatable bonds is 7. The minimum absolute atomic E-state index is 0.352. The van der Waals surface area contributed by atoms with Gasteiger partial charge in [0.2, 0.25) is 5.79 Å². The van der Waals surface area contributed by atoms with Gasteiger partial charge in [-0.15, -0.1) is 0 Å². The van der Waals surface area contributed by atoms with E-state index >= 15 is 0 Å². The van der Waals surface area contributed by atoms with E-state index < -0.39 is 8.80 Å². The Kier molecular flexibility index (Phi) is 5.62. The predicted octanol–water partition coefficient (Wildman–Crippen LogP) is 3.68. The van der Waals surface area contributed by atoms with E-state index in [-0.39, 0.29) is 5.79 Å². The molecular formula is C18H28O5Si. The summed E-state index contributed by atoms with van der Waals surface area (Å²) in [7, 11) is 2.50. The second-order valence-corrected chi connectivity index (χ2v) is 9.69. The highest BCUT2D eigenvalue weighted by Gasteiger charge is 2.40. The quantitative estimate of drug-likeness (QED) is 0.701. The fraction of sp³-hybridized carbons (Fsp3) is 0.667. The largest absolute Gasteiger partial charge is 0.500 e. The molecular weight excluding hydrogens is 324 g/mol. The number of benzene rings is 1. The maximum absolute atomic E-state index is 6.17. The maximum atomic E-state index is 6.17. The number of hydrogen-bond acceptors (Lipinski definition) is 5. The van der Waals surface area contributed by atoms with Crippen LogP contribution in [0.1, 0.15) is 43.2 Å². The van der Waals surface area contributed by atoms with Crippen molar-refractivity contribution in [1.82, 2.24) is 0 Å². The normalized spacial score (nSPS) is 19.3. The lowest BCUT2D eigenvalue weighted by Crippen LogP contribution is -2.42. The van der Waals surface area contributed by atoms with E-state index in [2.05, 4.69) is 18.2 Å². The van der Waals surface area contributed by atoms with Gasteiger partial charge in [-0.05, 0) is 43.4 Å². The van der Waals surface area contributed by atoms with E-state index in [0.29, 0.717) is 6.61 Å². The summed E-state index contributed by atoms with van der Waals surface area (Å²) in [5, 5.41) is 0.